The highest BCUT2D eigenvalue weighted by Crippen LogP contribution is 2.25. The van der Waals surface area contributed by atoms with Crippen LogP contribution in [0, 0.1) is 12.8 Å². The van der Waals surface area contributed by atoms with E-state index in [1.54, 1.807) is 18.4 Å². The third-order valence-electron chi connectivity index (χ3n) is 4.83. The van der Waals surface area contributed by atoms with Gasteiger partial charge < -0.3 is 13.9 Å². The number of aromatic nitrogens is 2. The maximum absolute atomic E-state index is 12.4. The quantitative estimate of drug-likeness (QED) is 0.732. The van der Waals surface area contributed by atoms with Crippen LogP contribution < -0.4 is 0 Å². The molecular weight excluding hydrogens is 314 g/mol. The molecule has 0 saturated carbocycles. The molecule has 3 heterocycles. The van der Waals surface area contributed by atoms with E-state index in [0.29, 0.717) is 11.7 Å². The third-order valence-corrected chi connectivity index (χ3v) is 4.83. The molecule has 1 aliphatic heterocycles. The second-order valence-electron chi connectivity index (χ2n) is 6.58. The Bertz CT molecular complexity index is 852. The molecule has 0 aliphatic carbocycles. The summed E-state index contributed by atoms with van der Waals surface area (Å²) >= 11 is 0. The van der Waals surface area contributed by atoms with Crippen molar-refractivity contribution in [1.82, 2.24) is 14.5 Å². The molecule has 25 heavy (non-hydrogen) atoms. The van der Waals surface area contributed by atoms with Crippen molar-refractivity contribution in [2.24, 2.45) is 5.92 Å². The van der Waals surface area contributed by atoms with Crippen molar-refractivity contribution in [3.05, 3.63) is 66.4 Å². The zero-order valence-electron chi connectivity index (χ0n) is 14.3. The fourth-order valence-corrected chi connectivity index (χ4v) is 3.49. The van der Waals surface area contributed by atoms with Gasteiger partial charge in [-0.1, -0.05) is 30.3 Å². The summed E-state index contributed by atoms with van der Waals surface area (Å²) in [6.45, 7) is 4.49. The molecule has 1 saturated heterocycles. The summed E-state index contributed by atoms with van der Waals surface area (Å²) in [5, 5.41) is 0. The number of furan rings is 1. The van der Waals surface area contributed by atoms with Gasteiger partial charge in [-0.25, -0.2) is 4.98 Å². The zero-order chi connectivity index (χ0) is 17.2. The SMILES string of the molecule is Cc1cnc(-c2ccccc2)n1CC1CCN(C(=O)c2ccco2)C1. The number of hydrogen-bond acceptors (Lipinski definition) is 3. The number of nitrogens with zero attached hydrogens (tertiary/aromatic N) is 3. The Labute approximate surface area is 146 Å². The molecule has 0 bridgehead atoms. The van der Waals surface area contributed by atoms with Crippen LogP contribution >= 0.6 is 0 Å². The van der Waals surface area contributed by atoms with E-state index in [1.165, 1.54) is 0 Å². The summed E-state index contributed by atoms with van der Waals surface area (Å²) in [4.78, 5) is 18.9. The number of benzene rings is 1. The van der Waals surface area contributed by atoms with Gasteiger partial charge in [0.2, 0.25) is 0 Å². The lowest BCUT2D eigenvalue weighted by atomic mass is 10.1. The first kappa shape index (κ1) is 15.7. The number of imidazole rings is 1. The van der Waals surface area contributed by atoms with Crippen molar-refractivity contribution < 1.29 is 9.21 Å². The molecule has 1 fully saturated rings. The minimum absolute atomic E-state index is 0.0156. The largest absolute Gasteiger partial charge is 0.459 e. The molecule has 5 heteroatoms. The summed E-state index contributed by atoms with van der Waals surface area (Å²) < 4.78 is 7.50. The van der Waals surface area contributed by atoms with E-state index in [9.17, 15) is 4.79 Å². The van der Waals surface area contributed by atoms with E-state index >= 15 is 0 Å². The molecule has 128 valence electrons. The van der Waals surface area contributed by atoms with Gasteiger partial charge in [0.25, 0.3) is 5.91 Å². The van der Waals surface area contributed by atoms with Crippen LogP contribution in [0.4, 0.5) is 0 Å². The first-order valence-corrected chi connectivity index (χ1v) is 8.62. The smallest absolute Gasteiger partial charge is 0.289 e. The number of amides is 1. The van der Waals surface area contributed by atoms with Crippen LogP contribution in [-0.2, 0) is 6.54 Å². The van der Waals surface area contributed by atoms with E-state index in [0.717, 1.165) is 43.1 Å². The van der Waals surface area contributed by atoms with Crippen LogP contribution in [0.15, 0.2) is 59.3 Å². The minimum atomic E-state index is -0.0156. The molecule has 1 atom stereocenters. The van der Waals surface area contributed by atoms with E-state index in [1.807, 2.05) is 29.3 Å². The monoisotopic (exact) mass is 335 g/mol. The number of carbonyl (C=O) groups excluding carboxylic acids is 1. The maximum Gasteiger partial charge on any atom is 0.289 e. The molecule has 1 unspecified atom stereocenters. The predicted octanol–water partition coefficient (Wildman–Crippen LogP) is 3.61. The summed E-state index contributed by atoms with van der Waals surface area (Å²) in [6.07, 6.45) is 4.46. The van der Waals surface area contributed by atoms with Gasteiger partial charge in [-0.2, -0.15) is 0 Å². The van der Waals surface area contributed by atoms with E-state index in [2.05, 4.69) is 28.6 Å². The van der Waals surface area contributed by atoms with Crippen molar-refractivity contribution in [2.45, 2.75) is 19.9 Å². The lowest BCUT2D eigenvalue weighted by molar-refractivity contribution is 0.0754. The Morgan fingerprint density at radius 2 is 2.08 bits per heavy atom. The van der Waals surface area contributed by atoms with Crippen molar-refractivity contribution >= 4 is 5.91 Å². The van der Waals surface area contributed by atoms with Crippen LogP contribution in [0.25, 0.3) is 11.4 Å². The third kappa shape index (κ3) is 3.09. The Kier molecular flexibility index (Phi) is 4.14. The van der Waals surface area contributed by atoms with Gasteiger partial charge in [0.05, 0.1) is 6.26 Å². The van der Waals surface area contributed by atoms with Crippen LogP contribution in [0.5, 0.6) is 0 Å². The van der Waals surface area contributed by atoms with E-state index in [-0.39, 0.29) is 5.91 Å². The highest BCUT2D eigenvalue weighted by atomic mass is 16.3. The minimum Gasteiger partial charge on any atom is -0.459 e. The Balaban J connectivity index is 1.49. The number of carbonyl (C=O) groups is 1. The highest BCUT2D eigenvalue weighted by Gasteiger charge is 2.29. The molecular formula is C20H21N3O2. The van der Waals surface area contributed by atoms with E-state index in [4.69, 9.17) is 4.42 Å². The normalized spacial score (nSPS) is 17.2. The predicted molar refractivity (Wildman–Crippen MR) is 95.1 cm³/mol. The van der Waals surface area contributed by atoms with Gasteiger partial charge in [0.15, 0.2) is 5.76 Å². The molecule has 4 rings (SSSR count). The molecule has 0 spiro atoms. The first-order chi connectivity index (χ1) is 12.2. The average molecular weight is 335 g/mol. The molecule has 5 nitrogen and oxygen atoms in total. The Morgan fingerprint density at radius 3 is 2.84 bits per heavy atom. The lowest BCUT2D eigenvalue weighted by Gasteiger charge is -2.17. The Morgan fingerprint density at radius 1 is 1.24 bits per heavy atom. The number of hydrogen-bond donors (Lipinski definition) is 0. The molecule has 2 aromatic heterocycles. The molecule has 1 amide bonds. The first-order valence-electron chi connectivity index (χ1n) is 8.62. The fraction of sp³-hybridized carbons (Fsp3) is 0.300. The number of likely N-dealkylation sites (tertiary alicyclic amines) is 1. The van der Waals surface area contributed by atoms with Crippen molar-refractivity contribution in [1.29, 1.82) is 0 Å². The summed E-state index contributed by atoms with van der Waals surface area (Å²) in [5.74, 6) is 1.82. The van der Waals surface area contributed by atoms with Crippen molar-refractivity contribution in [2.75, 3.05) is 13.1 Å². The molecule has 0 radical (unpaired) electrons. The Hall–Kier alpha value is -2.82. The van der Waals surface area contributed by atoms with Crippen LogP contribution in [-0.4, -0.2) is 33.4 Å². The topological polar surface area (TPSA) is 51.3 Å². The maximum atomic E-state index is 12.4. The molecule has 1 aliphatic rings. The van der Waals surface area contributed by atoms with Gasteiger partial charge in [-0.15, -0.1) is 0 Å². The van der Waals surface area contributed by atoms with Gasteiger partial charge in [0, 0.05) is 37.1 Å². The van der Waals surface area contributed by atoms with Gasteiger partial charge >= 0.3 is 0 Å². The van der Waals surface area contributed by atoms with E-state index < -0.39 is 0 Å². The van der Waals surface area contributed by atoms with Gasteiger partial charge in [-0.05, 0) is 31.4 Å². The highest BCUT2D eigenvalue weighted by molar-refractivity contribution is 5.91. The van der Waals surface area contributed by atoms with Crippen LogP contribution in [0.1, 0.15) is 22.7 Å². The lowest BCUT2D eigenvalue weighted by Crippen LogP contribution is -2.29. The summed E-state index contributed by atoms with van der Waals surface area (Å²) in [5.41, 5.74) is 2.27. The zero-order valence-corrected chi connectivity index (χ0v) is 14.3. The van der Waals surface area contributed by atoms with Gasteiger partial charge in [0.1, 0.15) is 5.82 Å². The van der Waals surface area contributed by atoms with Crippen LogP contribution in [0.2, 0.25) is 0 Å². The van der Waals surface area contributed by atoms with Crippen molar-refractivity contribution in [3.8, 4) is 11.4 Å². The van der Waals surface area contributed by atoms with Crippen LogP contribution in [0.3, 0.4) is 0 Å². The second kappa shape index (κ2) is 6.59. The fourth-order valence-electron chi connectivity index (χ4n) is 3.49. The summed E-state index contributed by atoms with van der Waals surface area (Å²) in [7, 11) is 0. The molecule has 3 aromatic rings. The number of aryl methyl sites for hydroxylation is 1. The molecule has 0 N–H and O–H groups in total. The van der Waals surface area contributed by atoms with Crippen molar-refractivity contribution in [3.63, 3.8) is 0 Å². The number of rotatable bonds is 4. The average Bonchev–Trinajstić information content (AvgIpc) is 3.38. The standard InChI is InChI=1S/C20H21N3O2/c1-15-12-21-19(17-6-3-2-4-7-17)23(15)14-16-9-10-22(13-16)20(24)18-8-5-11-25-18/h2-8,11-12,16H,9-10,13-14H2,1H3. The molecule has 1 aromatic carbocycles. The van der Waals surface area contributed by atoms with Gasteiger partial charge in [-0.3, -0.25) is 4.79 Å². The second-order valence-corrected chi connectivity index (χ2v) is 6.58. The summed E-state index contributed by atoms with van der Waals surface area (Å²) in [6, 6.07) is 13.7.